The normalized spacial score (nSPS) is 10.3. The van der Waals surface area contributed by atoms with Crippen LogP contribution in [0.3, 0.4) is 0 Å². The highest BCUT2D eigenvalue weighted by Gasteiger charge is 2.19. The molecule has 0 radical (unpaired) electrons. The van der Waals surface area contributed by atoms with E-state index in [2.05, 4.69) is 12.2 Å². The zero-order valence-electron chi connectivity index (χ0n) is 14.2. The number of methoxy groups -OCH3 is 1. The van der Waals surface area contributed by atoms with Crippen LogP contribution in [0.25, 0.3) is 0 Å². The monoisotopic (exact) mass is 346 g/mol. The molecule has 6 heteroatoms. The molecule has 1 N–H and O–H groups in total. The van der Waals surface area contributed by atoms with Crippen LogP contribution in [0.15, 0.2) is 36.4 Å². The Morgan fingerprint density at radius 1 is 1.12 bits per heavy atom. The third-order valence-electron chi connectivity index (χ3n) is 3.60. The van der Waals surface area contributed by atoms with Crippen LogP contribution in [-0.4, -0.2) is 36.9 Å². The molecule has 0 aliphatic rings. The van der Waals surface area contributed by atoms with Crippen LogP contribution in [0.1, 0.15) is 28.4 Å². The van der Waals surface area contributed by atoms with Gasteiger partial charge in [-0.05, 0) is 49.7 Å². The fraction of sp³-hybridized carbons (Fsp3) is 0.333. The topological polar surface area (TPSA) is 58.6 Å². The van der Waals surface area contributed by atoms with Gasteiger partial charge in [0.2, 0.25) is 5.91 Å². The van der Waals surface area contributed by atoms with Crippen molar-refractivity contribution in [3.8, 4) is 5.75 Å². The van der Waals surface area contributed by atoms with Gasteiger partial charge in [0.25, 0.3) is 5.91 Å². The molecule has 24 heavy (non-hydrogen) atoms. The second-order valence-corrected chi connectivity index (χ2v) is 6.38. The van der Waals surface area contributed by atoms with Crippen LogP contribution in [0.2, 0.25) is 0 Å². The number of nitrogens with zero attached hydrogens (tertiary/aromatic N) is 1. The van der Waals surface area contributed by atoms with Crippen molar-refractivity contribution >= 4 is 28.8 Å². The van der Waals surface area contributed by atoms with E-state index in [1.165, 1.54) is 11.3 Å². The quantitative estimate of drug-likeness (QED) is 0.836. The molecule has 1 aromatic heterocycles. The van der Waals surface area contributed by atoms with Crippen molar-refractivity contribution in [1.82, 2.24) is 4.90 Å². The third kappa shape index (κ3) is 4.58. The highest BCUT2D eigenvalue weighted by molar-refractivity contribution is 7.14. The predicted octanol–water partition coefficient (Wildman–Crippen LogP) is 3.42. The van der Waals surface area contributed by atoms with E-state index >= 15 is 0 Å². The summed E-state index contributed by atoms with van der Waals surface area (Å²) in [5.74, 6) is 0.400. The van der Waals surface area contributed by atoms with E-state index in [0.717, 1.165) is 17.0 Å². The first-order valence-electron chi connectivity index (χ1n) is 7.89. The van der Waals surface area contributed by atoms with Crippen LogP contribution in [-0.2, 0) is 11.2 Å². The highest BCUT2D eigenvalue weighted by Crippen LogP contribution is 2.19. The number of likely N-dealkylation sites (N-methyl/N-ethyl adjacent to an activating group) is 1. The molecule has 0 spiro atoms. The van der Waals surface area contributed by atoms with E-state index in [1.54, 1.807) is 36.3 Å². The SMILES string of the molecule is CCc1ccc(C(=O)N(CC)CC(=O)Nc2ccc(OC)cc2)s1. The lowest BCUT2D eigenvalue weighted by Gasteiger charge is -2.19. The smallest absolute Gasteiger partial charge is 0.264 e. The van der Waals surface area contributed by atoms with E-state index in [0.29, 0.717) is 17.1 Å². The first-order chi connectivity index (χ1) is 11.6. The summed E-state index contributed by atoms with van der Waals surface area (Å²) in [5, 5.41) is 2.80. The van der Waals surface area contributed by atoms with Crippen LogP contribution in [0, 0.1) is 0 Å². The molecule has 0 fully saturated rings. The van der Waals surface area contributed by atoms with Gasteiger partial charge in [0.15, 0.2) is 0 Å². The Bertz CT molecular complexity index is 695. The van der Waals surface area contributed by atoms with Gasteiger partial charge in [0, 0.05) is 17.1 Å². The van der Waals surface area contributed by atoms with Gasteiger partial charge >= 0.3 is 0 Å². The predicted molar refractivity (Wildman–Crippen MR) is 96.9 cm³/mol. The average molecular weight is 346 g/mol. The molecule has 1 aromatic carbocycles. The number of carbonyl (C=O) groups excluding carboxylic acids is 2. The molecule has 0 atom stereocenters. The van der Waals surface area contributed by atoms with E-state index in [1.807, 2.05) is 19.1 Å². The number of ether oxygens (including phenoxy) is 1. The average Bonchev–Trinajstić information content (AvgIpc) is 3.09. The van der Waals surface area contributed by atoms with E-state index in [9.17, 15) is 9.59 Å². The number of carbonyl (C=O) groups is 2. The lowest BCUT2D eigenvalue weighted by molar-refractivity contribution is -0.116. The summed E-state index contributed by atoms with van der Waals surface area (Å²) in [7, 11) is 1.59. The molecule has 2 aromatic rings. The Balaban J connectivity index is 1.97. The lowest BCUT2D eigenvalue weighted by Crippen LogP contribution is -2.37. The van der Waals surface area contributed by atoms with Gasteiger partial charge in [0.05, 0.1) is 12.0 Å². The molecule has 0 saturated heterocycles. The van der Waals surface area contributed by atoms with E-state index < -0.39 is 0 Å². The van der Waals surface area contributed by atoms with Crippen molar-refractivity contribution in [2.45, 2.75) is 20.3 Å². The van der Waals surface area contributed by atoms with Gasteiger partial charge in [-0.2, -0.15) is 0 Å². The molecular formula is C18H22N2O3S. The summed E-state index contributed by atoms with van der Waals surface area (Å²) in [6, 6.07) is 10.9. The van der Waals surface area contributed by atoms with Crippen LogP contribution in [0.4, 0.5) is 5.69 Å². The number of aryl methyl sites for hydroxylation is 1. The van der Waals surface area contributed by atoms with Gasteiger partial charge in [-0.25, -0.2) is 0 Å². The number of amides is 2. The van der Waals surface area contributed by atoms with Gasteiger partial charge in [-0.1, -0.05) is 6.92 Å². The lowest BCUT2D eigenvalue weighted by atomic mass is 10.3. The molecule has 0 unspecified atom stereocenters. The molecule has 2 rings (SSSR count). The van der Waals surface area contributed by atoms with E-state index in [4.69, 9.17) is 4.74 Å². The van der Waals surface area contributed by atoms with Crippen molar-refractivity contribution in [2.75, 3.05) is 25.5 Å². The van der Waals surface area contributed by atoms with Crippen LogP contribution >= 0.6 is 11.3 Å². The number of hydrogen-bond acceptors (Lipinski definition) is 4. The summed E-state index contributed by atoms with van der Waals surface area (Å²) in [5.41, 5.74) is 0.675. The number of thiophene rings is 1. The standard InChI is InChI=1S/C18H22N2O3S/c1-4-15-10-11-16(24-15)18(22)20(5-2)12-17(21)19-13-6-8-14(23-3)9-7-13/h6-11H,4-5,12H2,1-3H3,(H,19,21). The molecule has 0 aliphatic heterocycles. The van der Waals surface area contributed by atoms with Gasteiger partial charge < -0.3 is 15.0 Å². The second kappa shape index (κ2) is 8.49. The molecule has 2 amide bonds. The summed E-state index contributed by atoms with van der Waals surface area (Å²) in [6.07, 6.45) is 0.905. The fourth-order valence-electron chi connectivity index (χ4n) is 2.21. The molecular weight excluding hydrogens is 324 g/mol. The minimum atomic E-state index is -0.220. The van der Waals surface area contributed by atoms with Gasteiger partial charge in [-0.3, -0.25) is 9.59 Å². The summed E-state index contributed by atoms with van der Waals surface area (Å²) in [6.45, 7) is 4.43. The van der Waals surface area contributed by atoms with Crippen molar-refractivity contribution in [2.24, 2.45) is 0 Å². The molecule has 0 saturated carbocycles. The minimum absolute atomic E-state index is 0.0285. The molecule has 0 bridgehead atoms. The van der Waals surface area contributed by atoms with Crippen molar-refractivity contribution in [3.63, 3.8) is 0 Å². The molecule has 128 valence electrons. The maximum atomic E-state index is 12.5. The zero-order chi connectivity index (χ0) is 17.5. The molecule has 5 nitrogen and oxygen atoms in total. The molecule has 1 heterocycles. The van der Waals surface area contributed by atoms with E-state index in [-0.39, 0.29) is 18.4 Å². The Morgan fingerprint density at radius 3 is 2.38 bits per heavy atom. The Morgan fingerprint density at radius 2 is 1.83 bits per heavy atom. The zero-order valence-corrected chi connectivity index (χ0v) is 15.0. The van der Waals surface area contributed by atoms with Crippen LogP contribution < -0.4 is 10.1 Å². The second-order valence-electron chi connectivity index (χ2n) is 5.22. The summed E-state index contributed by atoms with van der Waals surface area (Å²) >= 11 is 1.48. The number of hydrogen-bond donors (Lipinski definition) is 1. The largest absolute Gasteiger partial charge is 0.497 e. The highest BCUT2D eigenvalue weighted by atomic mass is 32.1. The minimum Gasteiger partial charge on any atom is -0.497 e. The number of benzene rings is 1. The summed E-state index contributed by atoms with van der Waals surface area (Å²) in [4.78, 5) is 28.1. The number of rotatable bonds is 7. The maximum Gasteiger partial charge on any atom is 0.264 e. The van der Waals surface area contributed by atoms with Gasteiger partial charge in [0.1, 0.15) is 12.3 Å². The number of nitrogens with one attached hydrogen (secondary N) is 1. The Kier molecular flexibility index (Phi) is 6.37. The van der Waals surface area contributed by atoms with Crippen molar-refractivity contribution in [3.05, 3.63) is 46.2 Å². The third-order valence-corrected chi connectivity index (χ3v) is 4.82. The molecule has 0 aliphatic carbocycles. The first kappa shape index (κ1) is 18.0. The van der Waals surface area contributed by atoms with Crippen molar-refractivity contribution in [1.29, 1.82) is 0 Å². The number of anilines is 1. The first-order valence-corrected chi connectivity index (χ1v) is 8.70. The Labute approximate surface area is 146 Å². The fourth-order valence-corrected chi connectivity index (χ4v) is 3.13. The van der Waals surface area contributed by atoms with Gasteiger partial charge in [-0.15, -0.1) is 11.3 Å². The van der Waals surface area contributed by atoms with Crippen LogP contribution in [0.5, 0.6) is 5.75 Å². The summed E-state index contributed by atoms with van der Waals surface area (Å²) < 4.78 is 5.08. The Hall–Kier alpha value is -2.34. The van der Waals surface area contributed by atoms with Crippen molar-refractivity contribution < 1.29 is 14.3 Å². The maximum absolute atomic E-state index is 12.5.